The smallest absolute Gasteiger partial charge is 0.223 e. The van der Waals surface area contributed by atoms with Crippen molar-refractivity contribution in [2.45, 2.75) is 46.6 Å². The zero-order valence-electron chi connectivity index (χ0n) is 10.4. The molecule has 1 aliphatic rings. The van der Waals surface area contributed by atoms with E-state index >= 15 is 0 Å². The number of hydrogen-bond acceptors (Lipinski definition) is 2. The number of piperidine rings is 1. The van der Waals surface area contributed by atoms with Crippen LogP contribution < -0.4 is 5.73 Å². The Labute approximate surface area is 93.0 Å². The van der Waals surface area contributed by atoms with E-state index in [-0.39, 0.29) is 17.4 Å². The highest BCUT2D eigenvalue weighted by molar-refractivity contribution is 5.77. The van der Waals surface area contributed by atoms with Crippen LogP contribution in [0, 0.1) is 11.3 Å². The molecule has 3 heteroatoms. The summed E-state index contributed by atoms with van der Waals surface area (Å²) in [5.41, 5.74) is 5.99. The average Bonchev–Trinajstić information content (AvgIpc) is 1.98. The van der Waals surface area contributed by atoms with Gasteiger partial charge in [0, 0.05) is 25.6 Å². The maximum atomic E-state index is 12.0. The highest BCUT2D eigenvalue weighted by Crippen LogP contribution is 2.22. The normalized spacial score (nSPS) is 27.9. The molecule has 0 aliphatic carbocycles. The molecule has 0 saturated carbocycles. The van der Waals surface area contributed by atoms with Crippen LogP contribution in [0.2, 0.25) is 0 Å². The second-order valence-electron chi connectivity index (χ2n) is 6.14. The fourth-order valence-corrected chi connectivity index (χ4v) is 2.17. The zero-order valence-corrected chi connectivity index (χ0v) is 10.4. The van der Waals surface area contributed by atoms with Gasteiger partial charge in [-0.15, -0.1) is 0 Å². The minimum atomic E-state index is 0.0713. The quantitative estimate of drug-likeness (QED) is 0.718. The molecule has 0 bridgehead atoms. The van der Waals surface area contributed by atoms with Gasteiger partial charge in [-0.3, -0.25) is 4.79 Å². The number of amides is 1. The molecule has 0 aromatic heterocycles. The van der Waals surface area contributed by atoms with Gasteiger partial charge < -0.3 is 10.6 Å². The highest BCUT2D eigenvalue weighted by atomic mass is 16.2. The van der Waals surface area contributed by atoms with Crippen LogP contribution in [0.4, 0.5) is 0 Å². The van der Waals surface area contributed by atoms with Gasteiger partial charge in [0.25, 0.3) is 0 Å². The molecule has 1 heterocycles. The molecule has 1 rings (SSSR count). The minimum Gasteiger partial charge on any atom is -0.341 e. The molecule has 0 aromatic carbocycles. The Bertz CT molecular complexity index is 222. The van der Waals surface area contributed by atoms with E-state index in [0.717, 1.165) is 19.5 Å². The van der Waals surface area contributed by atoms with Gasteiger partial charge >= 0.3 is 0 Å². The first-order valence-corrected chi connectivity index (χ1v) is 5.81. The number of nitrogens with two attached hydrogens (primary N) is 1. The Morgan fingerprint density at radius 3 is 2.47 bits per heavy atom. The number of carbonyl (C=O) groups excluding carboxylic acids is 1. The van der Waals surface area contributed by atoms with Crippen LogP contribution in [-0.4, -0.2) is 29.9 Å². The van der Waals surface area contributed by atoms with Gasteiger partial charge in [-0.2, -0.15) is 0 Å². The van der Waals surface area contributed by atoms with Crippen LogP contribution in [0.25, 0.3) is 0 Å². The number of carbonyl (C=O) groups is 1. The summed E-state index contributed by atoms with van der Waals surface area (Å²) in [6.07, 6.45) is 1.66. The Balaban J connectivity index is 2.52. The summed E-state index contributed by atoms with van der Waals surface area (Å²) in [5.74, 6) is 0.794. The second kappa shape index (κ2) is 4.52. The number of rotatable bonds is 1. The molecule has 0 aromatic rings. The van der Waals surface area contributed by atoms with E-state index in [4.69, 9.17) is 5.73 Å². The maximum absolute atomic E-state index is 12.0. The number of likely N-dealkylation sites (tertiary alicyclic amines) is 1. The van der Waals surface area contributed by atoms with Gasteiger partial charge in [-0.1, -0.05) is 27.7 Å². The van der Waals surface area contributed by atoms with E-state index in [1.807, 2.05) is 4.90 Å². The third-order valence-corrected chi connectivity index (χ3v) is 2.73. The third kappa shape index (κ3) is 4.20. The molecule has 3 nitrogen and oxygen atoms in total. The fourth-order valence-electron chi connectivity index (χ4n) is 2.17. The van der Waals surface area contributed by atoms with Crippen molar-refractivity contribution in [2.75, 3.05) is 13.1 Å². The molecular weight excluding hydrogens is 188 g/mol. The number of hydrogen-bond donors (Lipinski definition) is 1. The lowest BCUT2D eigenvalue weighted by molar-refractivity contribution is -0.135. The van der Waals surface area contributed by atoms with Crippen LogP contribution in [-0.2, 0) is 4.79 Å². The van der Waals surface area contributed by atoms with Gasteiger partial charge in [0.15, 0.2) is 0 Å². The second-order valence-corrected chi connectivity index (χ2v) is 6.14. The lowest BCUT2D eigenvalue weighted by atomic mass is 9.90. The van der Waals surface area contributed by atoms with Crippen LogP contribution in [0.1, 0.15) is 40.5 Å². The van der Waals surface area contributed by atoms with Crippen molar-refractivity contribution in [1.82, 2.24) is 4.90 Å². The molecular formula is C12H24N2O. The van der Waals surface area contributed by atoms with Crippen LogP contribution in [0.3, 0.4) is 0 Å². The van der Waals surface area contributed by atoms with Crippen molar-refractivity contribution in [3.63, 3.8) is 0 Å². The van der Waals surface area contributed by atoms with Crippen molar-refractivity contribution >= 4 is 5.91 Å². The summed E-state index contributed by atoms with van der Waals surface area (Å²) in [4.78, 5) is 13.9. The Morgan fingerprint density at radius 2 is 2.00 bits per heavy atom. The molecule has 1 fully saturated rings. The molecule has 1 saturated heterocycles. The first-order chi connectivity index (χ1) is 6.78. The predicted octanol–water partition coefficient (Wildman–Crippen LogP) is 1.62. The molecule has 1 amide bonds. The monoisotopic (exact) mass is 212 g/mol. The van der Waals surface area contributed by atoms with Crippen molar-refractivity contribution in [3.05, 3.63) is 0 Å². The molecule has 0 radical (unpaired) electrons. The highest BCUT2D eigenvalue weighted by Gasteiger charge is 2.27. The van der Waals surface area contributed by atoms with Gasteiger partial charge in [0.2, 0.25) is 5.91 Å². The van der Waals surface area contributed by atoms with E-state index in [9.17, 15) is 4.79 Å². The van der Waals surface area contributed by atoms with Crippen molar-refractivity contribution in [3.8, 4) is 0 Å². The predicted molar refractivity (Wildman–Crippen MR) is 62.4 cm³/mol. The third-order valence-electron chi connectivity index (χ3n) is 2.73. The summed E-state index contributed by atoms with van der Waals surface area (Å²) in [5, 5.41) is 0. The Kier molecular flexibility index (Phi) is 3.77. The number of nitrogens with zero attached hydrogens (tertiary/aromatic N) is 1. The lowest BCUT2D eigenvalue weighted by Gasteiger charge is -2.36. The average molecular weight is 212 g/mol. The molecule has 2 atom stereocenters. The molecule has 0 spiro atoms. The summed E-state index contributed by atoms with van der Waals surface area (Å²) >= 11 is 0. The fraction of sp³-hybridized carbons (Fsp3) is 0.917. The standard InChI is InChI=1S/C12H24N2O/c1-9-5-10(13)8-14(7-9)11(15)6-12(2,3)4/h9-10H,5-8,13H2,1-4H3. The van der Waals surface area contributed by atoms with Gasteiger partial charge in [0.05, 0.1) is 0 Å². The van der Waals surface area contributed by atoms with Crippen molar-refractivity contribution in [2.24, 2.45) is 17.1 Å². The van der Waals surface area contributed by atoms with E-state index < -0.39 is 0 Å². The molecule has 15 heavy (non-hydrogen) atoms. The SMILES string of the molecule is CC1CC(N)CN(C(=O)CC(C)(C)C)C1. The van der Waals surface area contributed by atoms with Crippen LogP contribution in [0.15, 0.2) is 0 Å². The molecule has 88 valence electrons. The largest absolute Gasteiger partial charge is 0.341 e. The minimum absolute atomic E-state index is 0.0713. The summed E-state index contributed by atoms with van der Waals surface area (Å²) in [6.45, 7) is 10.1. The summed E-state index contributed by atoms with van der Waals surface area (Å²) < 4.78 is 0. The van der Waals surface area contributed by atoms with Gasteiger partial charge in [-0.05, 0) is 17.8 Å². The van der Waals surface area contributed by atoms with Crippen LogP contribution >= 0.6 is 0 Å². The van der Waals surface area contributed by atoms with Crippen LogP contribution in [0.5, 0.6) is 0 Å². The van der Waals surface area contributed by atoms with Crippen molar-refractivity contribution in [1.29, 1.82) is 0 Å². The zero-order chi connectivity index (χ0) is 11.6. The Hall–Kier alpha value is -0.570. The van der Waals surface area contributed by atoms with Gasteiger partial charge in [0.1, 0.15) is 0 Å². The first-order valence-electron chi connectivity index (χ1n) is 5.81. The molecule has 2 N–H and O–H groups in total. The Morgan fingerprint density at radius 1 is 1.40 bits per heavy atom. The molecule has 1 aliphatic heterocycles. The first kappa shape index (κ1) is 12.5. The van der Waals surface area contributed by atoms with Gasteiger partial charge in [-0.25, -0.2) is 0 Å². The lowest BCUT2D eigenvalue weighted by Crippen LogP contribution is -2.49. The van der Waals surface area contributed by atoms with E-state index in [1.165, 1.54) is 0 Å². The topological polar surface area (TPSA) is 46.3 Å². The maximum Gasteiger partial charge on any atom is 0.223 e. The summed E-state index contributed by atoms with van der Waals surface area (Å²) in [6, 6.07) is 0.165. The van der Waals surface area contributed by atoms with Crippen molar-refractivity contribution < 1.29 is 4.79 Å². The van der Waals surface area contributed by atoms with E-state index in [0.29, 0.717) is 12.3 Å². The van der Waals surface area contributed by atoms with E-state index in [1.54, 1.807) is 0 Å². The van der Waals surface area contributed by atoms with E-state index in [2.05, 4.69) is 27.7 Å². The summed E-state index contributed by atoms with van der Waals surface area (Å²) in [7, 11) is 0. The molecule has 2 unspecified atom stereocenters.